The summed E-state index contributed by atoms with van der Waals surface area (Å²) < 4.78 is 6.04. The lowest BCUT2D eigenvalue weighted by Crippen LogP contribution is -2.70. The number of hydrogen-bond donors (Lipinski definition) is 2. The van der Waals surface area contributed by atoms with Crippen LogP contribution in [0.1, 0.15) is 18.3 Å². The van der Waals surface area contributed by atoms with Gasteiger partial charge in [-0.05, 0) is 13.8 Å². The molecule has 1 fully saturated rings. The van der Waals surface area contributed by atoms with Gasteiger partial charge in [-0.1, -0.05) is 0 Å². The molecular formula is C17H19N5O8S. The third-order valence-electron chi connectivity index (χ3n) is 4.84. The van der Waals surface area contributed by atoms with E-state index in [2.05, 4.69) is 10.4 Å². The van der Waals surface area contributed by atoms with E-state index in [9.17, 15) is 34.4 Å². The van der Waals surface area contributed by atoms with Crippen LogP contribution in [0.4, 0.5) is 5.69 Å². The van der Waals surface area contributed by atoms with Gasteiger partial charge in [0.2, 0.25) is 5.91 Å². The van der Waals surface area contributed by atoms with Crippen LogP contribution in [0.3, 0.4) is 0 Å². The highest BCUT2D eigenvalue weighted by Gasteiger charge is 2.54. The van der Waals surface area contributed by atoms with Gasteiger partial charge in [-0.2, -0.15) is 5.10 Å². The summed E-state index contributed by atoms with van der Waals surface area (Å²) in [4.78, 5) is 59.3. The summed E-state index contributed by atoms with van der Waals surface area (Å²) in [5, 5.41) is 26.5. The smallest absolute Gasteiger partial charge is 0.352 e. The molecule has 0 unspecified atom stereocenters. The second-order valence-electron chi connectivity index (χ2n) is 6.93. The monoisotopic (exact) mass is 453 g/mol. The zero-order chi connectivity index (χ0) is 23.0. The molecule has 31 heavy (non-hydrogen) atoms. The summed E-state index contributed by atoms with van der Waals surface area (Å²) >= 11 is 1.23. The third kappa shape index (κ3) is 4.10. The molecule has 0 spiro atoms. The number of amides is 2. The molecule has 1 aromatic heterocycles. The Labute approximate surface area is 179 Å². The molecule has 14 heteroatoms. The average Bonchev–Trinajstić information content (AvgIpc) is 2.96. The average molecular weight is 453 g/mol. The van der Waals surface area contributed by atoms with E-state index < -0.39 is 40.1 Å². The van der Waals surface area contributed by atoms with Crippen molar-refractivity contribution in [3.8, 4) is 0 Å². The molecule has 2 N–H and O–H groups in total. The summed E-state index contributed by atoms with van der Waals surface area (Å²) in [6.45, 7) is 3.54. The minimum Gasteiger partial charge on any atom is -0.477 e. The Morgan fingerprint density at radius 1 is 1.39 bits per heavy atom. The van der Waals surface area contributed by atoms with E-state index in [4.69, 9.17) is 4.74 Å². The van der Waals surface area contributed by atoms with Crippen molar-refractivity contribution < 1.29 is 33.9 Å². The second kappa shape index (κ2) is 8.37. The lowest BCUT2D eigenvalue weighted by atomic mass is 10.0. The lowest BCUT2D eigenvalue weighted by Gasteiger charge is -2.49. The van der Waals surface area contributed by atoms with Gasteiger partial charge < -0.3 is 15.2 Å². The quantitative estimate of drug-likeness (QED) is 0.242. The van der Waals surface area contributed by atoms with Crippen molar-refractivity contribution in [1.29, 1.82) is 0 Å². The van der Waals surface area contributed by atoms with Crippen molar-refractivity contribution in [3.05, 3.63) is 32.8 Å². The SMILES string of the molecule is CC(=O)OCC1=C(C(=O)O)N2C(=O)[C@H](NC(=O)Cn3nc(C)c([N+](=O)[O-])c3C)[C@H]2SC1. The first-order chi connectivity index (χ1) is 14.5. The molecule has 0 radical (unpaired) electrons. The van der Waals surface area contributed by atoms with Crippen LogP contribution >= 0.6 is 11.8 Å². The molecule has 166 valence electrons. The number of aromatic nitrogens is 2. The van der Waals surface area contributed by atoms with Crippen molar-refractivity contribution in [3.63, 3.8) is 0 Å². The van der Waals surface area contributed by atoms with Crippen molar-refractivity contribution in [2.45, 2.75) is 38.7 Å². The number of ether oxygens (including phenoxy) is 1. The molecule has 3 heterocycles. The summed E-state index contributed by atoms with van der Waals surface area (Å²) in [5.41, 5.74) is 0.225. The predicted molar refractivity (Wildman–Crippen MR) is 105 cm³/mol. The normalized spacial score (nSPS) is 20.1. The number of carbonyl (C=O) groups excluding carboxylic acids is 3. The van der Waals surface area contributed by atoms with E-state index in [0.717, 1.165) is 4.90 Å². The molecule has 3 rings (SSSR count). The molecule has 1 saturated heterocycles. The van der Waals surface area contributed by atoms with Gasteiger partial charge >= 0.3 is 17.6 Å². The van der Waals surface area contributed by atoms with E-state index in [1.54, 1.807) is 0 Å². The molecule has 0 aromatic carbocycles. The number of esters is 1. The number of carbonyl (C=O) groups is 4. The number of nitro groups is 1. The van der Waals surface area contributed by atoms with Gasteiger partial charge in [-0.15, -0.1) is 11.8 Å². The minimum atomic E-state index is -1.33. The number of nitrogens with zero attached hydrogens (tertiary/aromatic N) is 4. The van der Waals surface area contributed by atoms with Crippen LogP contribution < -0.4 is 5.32 Å². The highest BCUT2D eigenvalue weighted by atomic mass is 32.2. The maximum absolute atomic E-state index is 12.6. The molecule has 13 nitrogen and oxygen atoms in total. The molecule has 2 aliphatic rings. The molecule has 2 aliphatic heterocycles. The number of carboxylic acid groups (broad SMARTS) is 1. The first-order valence-electron chi connectivity index (χ1n) is 9.04. The van der Waals surface area contributed by atoms with Gasteiger partial charge in [-0.3, -0.25) is 34.1 Å². The van der Waals surface area contributed by atoms with Gasteiger partial charge in [0.1, 0.15) is 41.7 Å². The van der Waals surface area contributed by atoms with Gasteiger partial charge in [0.15, 0.2) is 0 Å². The Morgan fingerprint density at radius 3 is 2.61 bits per heavy atom. The number of nitrogens with one attached hydrogen (secondary N) is 1. The van der Waals surface area contributed by atoms with Gasteiger partial charge in [0.05, 0.1) is 4.92 Å². The molecular weight excluding hydrogens is 434 g/mol. The van der Waals surface area contributed by atoms with E-state index in [1.165, 1.54) is 37.2 Å². The predicted octanol–water partition coefficient (Wildman–Crippen LogP) is -0.290. The Hall–Kier alpha value is -3.42. The fourth-order valence-electron chi connectivity index (χ4n) is 3.44. The number of aliphatic carboxylic acids is 1. The summed E-state index contributed by atoms with van der Waals surface area (Å²) in [6.07, 6.45) is 0. The van der Waals surface area contributed by atoms with Crippen LogP contribution in [-0.4, -0.2) is 72.2 Å². The molecule has 0 bridgehead atoms. The highest BCUT2D eigenvalue weighted by molar-refractivity contribution is 8.00. The fraction of sp³-hybridized carbons (Fsp3) is 0.471. The van der Waals surface area contributed by atoms with Gasteiger partial charge in [0, 0.05) is 18.2 Å². The lowest BCUT2D eigenvalue weighted by molar-refractivity contribution is -0.386. The number of hydrogen-bond acceptors (Lipinski definition) is 9. The van der Waals surface area contributed by atoms with Crippen LogP contribution in [0.25, 0.3) is 0 Å². The first-order valence-corrected chi connectivity index (χ1v) is 10.1. The standard InChI is InChI=1S/C17H19N5O8S/c1-7-13(22(28)29)8(2)20(19-7)4-11(24)18-12-15(25)21-14(17(26)27)10(5-30-9(3)23)6-31-16(12)21/h12,16H,4-6H2,1-3H3,(H,18,24)(H,26,27)/t12-,16+/m0/s1. The van der Waals surface area contributed by atoms with E-state index in [0.29, 0.717) is 0 Å². The highest BCUT2D eigenvalue weighted by Crippen LogP contribution is 2.40. The fourth-order valence-corrected chi connectivity index (χ4v) is 4.77. The first kappa shape index (κ1) is 22.3. The maximum atomic E-state index is 12.6. The van der Waals surface area contributed by atoms with Crippen LogP contribution in [-0.2, 0) is 30.5 Å². The summed E-state index contributed by atoms with van der Waals surface area (Å²) in [7, 11) is 0. The zero-order valence-corrected chi connectivity index (χ0v) is 17.6. The molecule has 1 aromatic rings. The van der Waals surface area contributed by atoms with Crippen molar-refractivity contribution >= 4 is 41.2 Å². The van der Waals surface area contributed by atoms with Gasteiger partial charge in [0.25, 0.3) is 5.91 Å². The largest absolute Gasteiger partial charge is 0.477 e. The van der Waals surface area contributed by atoms with Crippen LogP contribution in [0.15, 0.2) is 11.3 Å². The zero-order valence-electron chi connectivity index (χ0n) is 16.8. The van der Waals surface area contributed by atoms with E-state index in [1.807, 2.05) is 0 Å². The third-order valence-corrected chi connectivity index (χ3v) is 6.17. The number of rotatable bonds is 7. The topological polar surface area (TPSA) is 174 Å². The molecule has 2 atom stereocenters. The second-order valence-corrected chi connectivity index (χ2v) is 8.03. The Kier molecular flexibility index (Phi) is 6.01. The van der Waals surface area contributed by atoms with E-state index in [-0.39, 0.29) is 47.2 Å². The van der Waals surface area contributed by atoms with Crippen LogP contribution in [0.2, 0.25) is 0 Å². The van der Waals surface area contributed by atoms with Crippen molar-refractivity contribution in [2.75, 3.05) is 12.4 Å². The molecule has 0 aliphatic carbocycles. The maximum Gasteiger partial charge on any atom is 0.352 e. The molecule has 0 saturated carbocycles. The van der Waals surface area contributed by atoms with Crippen LogP contribution in [0, 0.1) is 24.0 Å². The number of aryl methyl sites for hydroxylation is 1. The van der Waals surface area contributed by atoms with Crippen LogP contribution in [0.5, 0.6) is 0 Å². The number of β-lactam (4-membered cyclic amide) rings is 1. The number of carboxylic acids is 1. The van der Waals surface area contributed by atoms with Crippen molar-refractivity contribution in [1.82, 2.24) is 20.0 Å². The summed E-state index contributed by atoms with van der Waals surface area (Å²) in [5.74, 6) is -2.90. The molecule has 2 amide bonds. The Morgan fingerprint density at radius 2 is 2.06 bits per heavy atom. The van der Waals surface area contributed by atoms with Crippen molar-refractivity contribution in [2.24, 2.45) is 0 Å². The van der Waals surface area contributed by atoms with E-state index >= 15 is 0 Å². The Balaban J connectivity index is 1.71. The Bertz CT molecular complexity index is 1030. The summed E-state index contributed by atoms with van der Waals surface area (Å²) in [6, 6.07) is -0.950. The van der Waals surface area contributed by atoms with Gasteiger partial charge in [-0.25, -0.2) is 4.79 Å². The number of thioether (sulfide) groups is 1. The minimum absolute atomic E-state index is 0.167. The number of fused-ring (bicyclic) bond motifs is 1.